The summed E-state index contributed by atoms with van der Waals surface area (Å²) in [5.74, 6) is 0.690. The largest absolute Gasteiger partial charge is 0.264 e. The van der Waals surface area contributed by atoms with Crippen LogP contribution in [-0.2, 0) is 0 Å². The number of nitrogens with zero attached hydrogens (tertiary/aromatic N) is 3. The zero-order valence-electron chi connectivity index (χ0n) is 30.4. The van der Waals surface area contributed by atoms with Crippen molar-refractivity contribution in [1.82, 2.24) is 15.0 Å². The molecular formula is C53H33N3. The molecule has 0 fully saturated rings. The number of aromatic nitrogens is 3. The van der Waals surface area contributed by atoms with E-state index in [2.05, 4.69) is 187 Å². The summed E-state index contributed by atoms with van der Waals surface area (Å²) in [6, 6.07) is 67.2. The van der Waals surface area contributed by atoms with Gasteiger partial charge in [-0.3, -0.25) is 4.98 Å². The van der Waals surface area contributed by atoms with Crippen LogP contribution in [0.3, 0.4) is 0 Å². The molecule has 2 aromatic heterocycles. The SMILES string of the molecule is c1cncc(-c2ccc(-c3cc(-c4ccc(-c5ccc6c7c(cccc57)-c5ccccc5-6)cc4)nc(-c4ccc(-c5ccc6ccccc6c5)cc4)n3)cc2)c1. The van der Waals surface area contributed by atoms with Crippen LogP contribution in [0.15, 0.2) is 200 Å². The Kier molecular flexibility index (Phi) is 7.49. The molecule has 0 N–H and O–H groups in total. The van der Waals surface area contributed by atoms with Gasteiger partial charge in [0.05, 0.1) is 11.4 Å². The Morgan fingerprint density at radius 1 is 0.304 bits per heavy atom. The van der Waals surface area contributed by atoms with Crippen molar-refractivity contribution in [2.45, 2.75) is 0 Å². The van der Waals surface area contributed by atoms with Crippen molar-refractivity contribution < 1.29 is 0 Å². The Balaban J connectivity index is 0.979. The lowest BCUT2D eigenvalue weighted by molar-refractivity contribution is 1.18. The lowest BCUT2D eigenvalue weighted by Gasteiger charge is -2.12. The van der Waals surface area contributed by atoms with Gasteiger partial charge >= 0.3 is 0 Å². The highest BCUT2D eigenvalue weighted by Gasteiger charge is 2.22. The third-order valence-corrected chi connectivity index (χ3v) is 11.2. The molecule has 0 saturated carbocycles. The van der Waals surface area contributed by atoms with E-state index in [0.717, 1.165) is 44.8 Å². The van der Waals surface area contributed by atoms with Gasteiger partial charge in [-0.15, -0.1) is 0 Å². The van der Waals surface area contributed by atoms with Crippen molar-refractivity contribution in [3.8, 4) is 89.5 Å². The molecule has 2 heterocycles. The van der Waals surface area contributed by atoms with Gasteiger partial charge in [0, 0.05) is 29.1 Å². The minimum Gasteiger partial charge on any atom is -0.264 e. The lowest BCUT2D eigenvalue weighted by atomic mass is 9.93. The molecule has 0 amide bonds. The second kappa shape index (κ2) is 13.1. The molecule has 0 saturated heterocycles. The predicted octanol–water partition coefficient (Wildman–Crippen LogP) is 13.8. The number of benzene rings is 8. The van der Waals surface area contributed by atoms with Crippen LogP contribution >= 0.6 is 0 Å². The third-order valence-electron chi connectivity index (χ3n) is 11.2. The molecule has 0 radical (unpaired) electrons. The molecule has 1 aliphatic rings. The average molecular weight is 712 g/mol. The first-order valence-corrected chi connectivity index (χ1v) is 19.0. The standard InChI is InChI=1S/C53H33N3/c1-2-8-41-31-42(27-18-34(41)7-1)35-16-25-40(26-17-35)53-55-50(38-21-14-36(15-22-38)43-9-6-30-54-33-43)32-51(56-53)39-23-19-37(20-24-39)44-28-29-49-46-11-4-3-10-45(46)48-13-5-12-47(44)52(48)49/h1-33H. The van der Waals surface area contributed by atoms with E-state index < -0.39 is 0 Å². The Hall–Kier alpha value is -7.49. The second-order valence-electron chi connectivity index (χ2n) is 14.4. The number of pyridine rings is 1. The van der Waals surface area contributed by atoms with E-state index >= 15 is 0 Å². The molecule has 8 aromatic carbocycles. The monoisotopic (exact) mass is 711 g/mol. The fourth-order valence-electron chi connectivity index (χ4n) is 8.30. The molecule has 3 heteroatoms. The van der Waals surface area contributed by atoms with Crippen LogP contribution in [0.4, 0.5) is 0 Å². The zero-order chi connectivity index (χ0) is 37.0. The van der Waals surface area contributed by atoms with E-state index in [9.17, 15) is 0 Å². The Labute approximate surface area is 325 Å². The summed E-state index contributed by atoms with van der Waals surface area (Å²) in [6.07, 6.45) is 3.69. The van der Waals surface area contributed by atoms with Crippen molar-refractivity contribution >= 4 is 21.5 Å². The quantitative estimate of drug-likeness (QED) is 0.172. The summed E-state index contributed by atoms with van der Waals surface area (Å²) in [5, 5.41) is 5.08. The predicted molar refractivity (Wildman–Crippen MR) is 232 cm³/mol. The molecule has 0 aliphatic heterocycles. The summed E-state index contributed by atoms with van der Waals surface area (Å²) in [6.45, 7) is 0. The molecule has 56 heavy (non-hydrogen) atoms. The van der Waals surface area contributed by atoms with E-state index in [1.807, 2.05) is 12.3 Å². The summed E-state index contributed by atoms with van der Waals surface area (Å²) < 4.78 is 0. The molecule has 260 valence electrons. The first kappa shape index (κ1) is 32.0. The average Bonchev–Trinajstić information content (AvgIpc) is 3.61. The van der Waals surface area contributed by atoms with Gasteiger partial charge in [-0.05, 0) is 95.4 Å². The Morgan fingerprint density at radius 2 is 0.857 bits per heavy atom. The summed E-state index contributed by atoms with van der Waals surface area (Å²) in [5.41, 5.74) is 17.0. The van der Waals surface area contributed by atoms with Crippen molar-refractivity contribution in [2.24, 2.45) is 0 Å². The topological polar surface area (TPSA) is 38.7 Å². The van der Waals surface area contributed by atoms with E-state index in [-0.39, 0.29) is 0 Å². The van der Waals surface area contributed by atoms with Gasteiger partial charge in [0.15, 0.2) is 5.82 Å². The van der Waals surface area contributed by atoms with Crippen molar-refractivity contribution in [1.29, 1.82) is 0 Å². The second-order valence-corrected chi connectivity index (χ2v) is 14.4. The van der Waals surface area contributed by atoms with Crippen LogP contribution in [0.25, 0.3) is 111 Å². The van der Waals surface area contributed by atoms with Crippen LogP contribution < -0.4 is 0 Å². The molecule has 0 bridgehead atoms. The molecule has 10 aromatic rings. The third kappa shape index (κ3) is 5.49. The lowest BCUT2D eigenvalue weighted by Crippen LogP contribution is -1.96. The number of fused-ring (bicyclic) bond motifs is 4. The molecular weight excluding hydrogens is 679 g/mol. The first-order valence-electron chi connectivity index (χ1n) is 19.0. The van der Waals surface area contributed by atoms with Gasteiger partial charge in [0.1, 0.15) is 0 Å². The minimum atomic E-state index is 0.690. The normalized spacial score (nSPS) is 11.6. The molecule has 0 spiro atoms. The van der Waals surface area contributed by atoms with Crippen molar-refractivity contribution in [3.63, 3.8) is 0 Å². The maximum Gasteiger partial charge on any atom is 0.160 e. The van der Waals surface area contributed by atoms with E-state index in [4.69, 9.17) is 9.97 Å². The molecule has 1 aliphatic carbocycles. The highest BCUT2D eigenvalue weighted by atomic mass is 14.9. The smallest absolute Gasteiger partial charge is 0.160 e. The maximum atomic E-state index is 5.20. The van der Waals surface area contributed by atoms with Crippen LogP contribution in [0.1, 0.15) is 0 Å². The van der Waals surface area contributed by atoms with Gasteiger partial charge in [-0.1, -0.05) is 170 Å². The fraction of sp³-hybridized carbons (Fsp3) is 0. The fourth-order valence-corrected chi connectivity index (χ4v) is 8.30. The van der Waals surface area contributed by atoms with Gasteiger partial charge in [-0.2, -0.15) is 0 Å². The van der Waals surface area contributed by atoms with Crippen LogP contribution in [0, 0.1) is 0 Å². The summed E-state index contributed by atoms with van der Waals surface area (Å²) in [4.78, 5) is 14.7. The highest BCUT2D eigenvalue weighted by molar-refractivity contribution is 6.18. The van der Waals surface area contributed by atoms with Crippen LogP contribution in [0.2, 0.25) is 0 Å². The van der Waals surface area contributed by atoms with Gasteiger partial charge < -0.3 is 0 Å². The minimum absolute atomic E-state index is 0.690. The highest BCUT2D eigenvalue weighted by Crippen LogP contribution is 2.49. The molecule has 0 unspecified atom stereocenters. The van der Waals surface area contributed by atoms with Gasteiger partial charge in [0.2, 0.25) is 0 Å². The zero-order valence-corrected chi connectivity index (χ0v) is 30.4. The van der Waals surface area contributed by atoms with Gasteiger partial charge in [-0.25, -0.2) is 9.97 Å². The maximum absolute atomic E-state index is 5.20. The number of hydrogen-bond acceptors (Lipinski definition) is 3. The van der Waals surface area contributed by atoms with E-state index in [1.54, 1.807) is 6.20 Å². The van der Waals surface area contributed by atoms with E-state index in [0.29, 0.717) is 5.82 Å². The van der Waals surface area contributed by atoms with Crippen molar-refractivity contribution in [3.05, 3.63) is 200 Å². The molecule has 3 nitrogen and oxygen atoms in total. The van der Waals surface area contributed by atoms with Crippen molar-refractivity contribution in [2.75, 3.05) is 0 Å². The Bertz CT molecular complexity index is 3060. The summed E-state index contributed by atoms with van der Waals surface area (Å²) in [7, 11) is 0. The van der Waals surface area contributed by atoms with Crippen LogP contribution in [-0.4, -0.2) is 15.0 Å². The van der Waals surface area contributed by atoms with E-state index in [1.165, 1.54) is 60.5 Å². The number of rotatable bonds is 6. The summed E-state index contributed by atoms with van der Waals surface area (Å²) >= 11 is 0. The Morgan fingerprint density at radius 3 is 1.55 bits per heavy atom. The molecule has 0 atom stereocenters. The molecule has 11 rings (SSSR count). The number of hydrogen-bond donors (Lipinski definition) is 0. The first-order chi connectivity index (χ1) is 27.7. The van der Waals surface area contributed by atoms with Gasteiger partial charge in [0.25, 0.3) is 0 Å². The van der Waals surface area contributed by atoms with Crippen LogP contribution in [0.5, 0.6) is 0 Å².